The lowest BCUT2D eigenvalue weighted by molar-refractivity contribution is -0.385. The van der Waals surface area contributed by atoms with E-state index in [4.69, 9.17) is 4.74 Å². The van der Waals surface area contributed by atoms with E-state index in [1.807, 2.05) is 6.08 Å². The summed E-state index contributed by atoms with van der Waals surface area (Å²) in [6, 6.07) is 16.6. The summed E-state index contributed by atoms with van der Waals surface area (Å²) in [6.45, 7) is -0.691. The summed E-state index contributed by atoms with van der Waals surface area (Å²) in [7, 11) is 0. The predicted molar refractivity (Wildman–Crippen MR) is 139 cm³/mol. The molecular formula is C29H23F2N3O5. The molecule has 1 amide bonds. The number of nitro groups is 1. The molecular weight excluding hydrogens is 508 g/mol. The van der Waals surface area contributed by atoms with Crippen LogP contribution >= 0.6 is 0 Å². The Morgan fingerprint density at radius 2 is 1.69 bits per heavy atom. The number of rotatable bonds is 6. The summed E-state index contributed by atoms with van der Waals surface area (Å²) in [5.41, 5.74) is 2.35. The second-order valence-electron chi connectivity index (χ2n) is 9.29. The summed E-state index contributed by atoms with van der Waals surface area (Å²) in [6.07, 6.45) is 4.16. The third kappa shape index (κ3) is 5.45. The monoisotopic (exact) mass is 531 g/mol. The van der Waals surface area contributed by atoms with E-state index in [1.165, 1.54) is 53.5 Å². The minimum Gasteiger partial charge on any atom is -0.452 e. The number of halogens is 2. The van der Waals surface area contributed by atoms with Gasteiger partial charge in [0.2, 0.25) is 0 Å². The lowest BCUT2D eigenvalue weighted by Gasteiger charge is -2.29. The maximum atomic E-state index is 13.7. The molecule has 2 unspecified atom stereocenters. The molecule has 1 heterocycles. The topological polar surface area (TPSA) is 102 Å². The van der Waals surface area contributed by atoms with Crippen LogP contribution in [0.5, 0.6) is 0 Å². The summed E-state index contributed by atoms with van der Waals surface area (Å²) >= 11 is 0. The van der Waals surface area contributed by atoms with Gasteiger partial charge in [0.05, 0.1) is 16.7 Å². The van der Waals surface area contributed by atoms with Crippen molar-refractivity contribution in [2.75, 3.05) is 6.61 Å². The van der Waals surface area contributed by atoms with Crippen molar-refractivity contribution >= 4 is 29.4 Å². The molecule has 0 radical (unpaired) electrons. The van der Waals surface area contributed by atoms with E-state index >= 15 is 0 Å². The zero-order chi connectivity index (χ0) is 27.5. The minimum absolute atomic E-state index is 0.189. The van der Waals surface area contributed by atoms with Crippen molar-refractivity contribution in [1.82, 2.24) is 5.01 Å². The van der Waals surface area contributed by atoms with Gasteiger partial charge in [0, 0.05) is 12.0 Å². The van der Waals surface area contributed by atoms with Crippen molar-refractivity contribution in [3.63, 3.8) is 0 Å². The Hall–Kier alpha value is -4.73. The van der Waals surface area contributed by atoms with Crippen LogP contribution < -0.4 is 0 Å². The molecule has 1 aliphatic heterocycles. The third-order valence-corrected chi connectivity index (χ3v) is 6.83. The van der Waals surface area contributed by atoms with Crippen molar-refractivity contribution in [2.45, 2.75) is 25.3 Å². The van der Waals surface area contributed by atoms with Crippen molar-refractivity contribution in [3.05, 3.63) is 117 Å². The fourth-order valence-corrected chi connectivity index (χ4v) is 5.04. The second-order valence-corrected chi connectivity index (χ2v) is 9.29. The first-order chi connectivity index (χ1) is 18.8. The molecule has 2 aliphatic rings. The Bertz CT molecular complexity index is 1490. The highest BCUT2D eigenvalue weighted by molar-refractivity contribution is 6.08. The predicted octanol–water partition coefficient (Wildman–Crippen LogP) is 5.85. The second kappa shape index (κ2) is 10.9. The number of allylic oxidation sites excluding steroid dienone is 1. The van der Waals surface area contributed by atoms with Crippen molar-refractivity contribution in [1.29, 1.82) is 0 Å². The number of nitrogens with zero attached hydrogens (tertiary/aromatic N) is 3. The zero-order valence-electron chi connectivity index (χ0n) is 20.6. The lowest BCUT2D eigenvalue weighted by atomic mass is 9.77. The van der Waals surface area contributed by atoms with Crippen LogP contribution in [0.3, 0.4) is 0 Å². The minimum atomic E-state index is -1.00. The number of hydrogen-bond donors (Lipinski definition) is 0. The van der Waals surface area contributed by atoms with Gasteiger partial charge in [-0.2, -0.15) is 5.10 Å². The van der Waals surface area contributed by atoms with E-state index in [-0.39, 0.29) is 17.3 Å². The van der Waals surface area contributed by atoms with Crippen LogP contribution in [0.4, 0.5) is 14.5 Å². The summed E-state index contributed by atoms with van der Waals surface area (Å²) in [4.78, 5) is 36.5. The van der Waals surface area contributed by atoms with Crippen LogP contribution in [0.15, 0.2) is 83.5 Å². The molecule has 2 atom stereocenters. The number of hydrazone groups is 1. The van der Waals surface area contributed by atoms with Gasteiger partial charge in [-0.1, -0.05) is 36.4 Å². The first kappa shape index (κ1) is 25.9. The van der Waals surface area contributed by atoms with E-state index in [1.54, 1.807) is 24.3 Å². The highest BCUT2D eigenvalue weighted by Gasteiger charge is 2.44. The van der Waals surface area contributed by atoms with E-state index in [9.17, 15) is 28.5 Å². The number of carbonyl (C=O) groups is 2. The average Bonchev–Trinajstić information content (AvgIpc) is 3.34. The molecule has 0 aromatic heterocycles. The largest absolute Gasteiger partial charge is 0.452 e. The third-order valence-electron chi connectivity index (χ3n) is 6.83. The van der Waals surface area contributed by atoms with Crippen molar-refractivity contribution in [3.8, 4) is 0 Å². The normalized spacial score (nSPS) is 19.4. The highest BCUT2D eigenvalue weighted by Crippen LogP contribution is 2.44. The fourth-order valence-electron chi connectivity index (χ4n) is 5.04. The Morgan fingerprint density at radius 1 is 1.03 bits per heavy atom. The van der Waals surface area contributed by atoms with Gasteiger partial charge in [0.25, 0.3) is 11.6 Å². The molecule has 3 aromatic rings. The van der Waals surface area contributed by atoms with Crippen LogP contribution in [-0.2, 0) is 9.53 Å². The maximum absolute atomic E-state index is 13.7. The molecule has 5 rings (SSSR count). The number of amides is 1. The molecule has 8 nitrogen and oxygen atoms in total. The van der Waals surface area contributed by atoms with E-state index in [2.05, 4.69) is 5.10 Å². The van der Waals surface area contributed by atoms with E-state index in [0.29, 0.717) is 17.7 Å². The number of carbonyl (C=O) groups excluding carboxylic acids is 2. The van der Waals surface area contributed by atoms with Gasteiger partial charge in [-0.05, 0) is 72.4 Å². The van der Waals surface area contributed by atoms with Crippen molar-refractivity contribution in [2.24, 2.45) is 11.0 Å². The number of ether oxygens (including phenoxy) is 1. The van der Waals surface area contributed by atoms with Gasteiger partial charge in [-0.15, -0.1) is 0 Å². The molecule has 39 heavy (non-hydrogen) atoms. The standard InChI is InChI=1S/C29H23F2N3O5/c30-21-12-8-18(9-13-21)16-20-4-3-6-24-27(20)32-33(28(24)19-10-14-22(31)15-11-19)26(35)17-39-29(36)23-5-1-2-7-25(23)34(37)38/h1-2,5,7-16,24,28H,3-4,6,17H2. The Labute approximate surface area is 222 Å². The fraction of sp³-hybridized carbons (Fsp3) is 0.207. The number of fused-ring (bicyclic) bond motifs is 1. The first-order valence-electron chi connectivity index (χ1n) is 12.3. The molecule has 1 fully saturated rings. The molecule has 0 bridgehead atoms. The SMILES string of the molecule is O=C(OCC(=O)N1N=C2C(=Cc3ccc(F)cc3)CCCC2C1c1ccc(F)cc1)c1ccccc1[N+](=O)[O-]. The Morgan fingerprint density at radius 3 is 2.38 bits per heavy atom. The Balaban J connectivity index is 1.43. The lowest BCUT2D eigenvalue weighted by Crippen LogP contribution is -2.34. The summed E-state index contributed by atoms with van der Waals surface area (Å²) in [5.74, 6) is -2.59. The Kier molecular flexibility index (Phi) is 7.27. The molecule has 3 aromatic carbocycles. The van der Waals surface area contributed by atoms with Crippen LogP contribution in [0, 0.1) is 27.7 Å². The number of esters is 1. The molecule has 0 spiro atoms. The number of hydrogen-bond acceptors (Lipinski definition) is 6. The summed E-state index contributed by atoms with van der Waals surface area (Å²) < 4.78 is 32.3. The van der Waals surface area contributed by atoms with Crippen LogP contribution in [0.2, 0.25) is 0 Å². The quantitative estimate of drug-likeness (QED) is 0.226. The van der Waals surface area contributed by atoms with Crippen LogP contribution in [0.25, 0.3) is 6.08 Å². The van der Waals surface area contributed by atoms with Crippen LogP contribution in [0.1, 0.15) is 46.8 Å². The van der Waals surface area contributed by atoms with Gasteiger partial charge in [-0.3, -0.25) is 14.9 Å². The molecule has 10 heteroatoms. The number of benzene rings is 3. The summed E-state index contributed by atoms with van der Waals surface area (Å²) in [5, 5.41) is 17.2. The molecule has 1 saturated carbocycles. The van der Waals surface area contributed by atoms with Gasteiger partial charge in [0.1, 0.15) is 17.2 Å². The maximum Gasteiger partial charge on any atom is 0.345 e. The first-order valence-corrected chi connectivity index (χ1v) is 12.3. The van der Waals surface area contributed by atoms with Gasteiger partial charge in [0.15, 0.2) is 6.61 Å². The molecule has 198 valence electrons. The number of nitro benzene ring substituents is 1. The van der Waals surface area contributed by atoms with E-state index in [0.717, 1.165) is 24.0 Å². The highest BCUT2D eigenvalue weighted by atomic mass is 19.1. The van der Waals surface area contributed by atoms with Gasteiger partial charge in [-0.25, -0.2) is 18.6 Å². The zero-order valence-corrected chi connectivity index (χ0v) is 20.6. The van der Waals surface area contributed by atoms with Gasteiger partial charge < -0.3 is 4.74 Å². The van der Waals surface area contributed by atoms with Crippen molar-refractivity contribution < 1.29 is 28.0 Å². The molecule has 1 aliphatic carbocycles. The van der Waals surface area contributed by atoms with Gasteiger partial charge >= 0.3 is 5.97 Å². The number of para-hydroxylation sites is 1. The average molecular weight is 532 g/mol. The van der Waals surface area contributed by atoms with Crippen LogP contribution in [-0.4, -0.2) is 34.1 Å². The smallest absolute Gasteiger partial charge is 0.345 e. The molecule has 0 saturated heterocycles. The van der Waals surface area contributed by atoms with E-state index < -0.39 is 41.0 Å². The molecule has 0 N–H and O–H groups in total.